The van der Waals surface area contributed by atoms with Crippen molar-refractivity contribution in [2.75, 3.05) is 0 Å². The summed E-state index contributed by atoms with van der Waals surface area (Å²) in [5, 5.41) is 0. The van der Waals surface area contributed by atoms with Crippen molar-refractivity contribution in [3.63, 3.8) is 0 Å². The van der Waals surface area contributed by atoms with Gasteiger partial charge >= 0.3 is 5.97 Å². The van der Waals surface area contributed by atoms with E-state index >= 15 is 0 Å². The molecule has 3 aliphatic heterocycles. The van der Waals surface area contributed by atoms with Gasteiger partial charge in [-0.15, -0.1) is 0 Å². The van der Waals surface area contributed by atoms with Crippen molar-refractivity contribution in [1.29, 1.82) is 0 Å². The van der Waals surface area contributed by atoms with Gasteiger partial charge in [0.25, 0.3) is 0 Å². The summed E-state index contributed by atoms with van der Waals surface area (Å²) in [5.41, 5.74) is -0.576. The average Bonchev–Trinajstić information content (AvgIpc) is 2.56. The fraction of sp³-hybridized carbons (Fsp3) is 0.800. The van der Waals surface area contributed by atoms with Crippen LogP contribution in [0.25, 0.3) is 0 Å². The lowest BCUT2D eigenvalue weighted by Crippen LogP contribution is -2.64. The van der Waals surface area contributed by atoms with Gasteiger partial charge in [-0.1, -0.05) is 19.1 Å². The molecule has 0 aromatic rings. The third kappa shape index (κ3) is 0.696. The highest BCUT2D eigenvalue weighted by molar-refractivity contribution is 5.84. The predicted octanol–water partition coefficient (Wildman–Crippen LogP) is 2.06. The first-order chi connectivity index (χ1) is 8.52. The van der Waals surface area contributed by atoms with Crippen molar-refractivity contribution in [2.24, 2.45) is 22.7 Å². The molecule has 3 aliphatic carbocycles. The summed E-state index contributed by atoms with van der Waals surface area (Å²) in [6, 6.07) is 0. The lowest BCUT2D eigenvalue weighted by Gasteiger charge is -2.60. The van der Waals surface area contributed by atoms with Crippen LogP contribution in [0.5, 0.6) is 0 Å². The average molecular weight is 246 g/mol. The lowest BCUT2D eigenvalue weighted by atomic mass is 9.46. The molecule has 2 saturated heterocycles. The fourth-order valence-corrected chi connectivity index (χ4v) is 6.13. The van der Waals surface area contributed by atoms with Crippen molar-refractivity contribution < 1.29 is 14.3 Å². The van der Waals surface area contributed by atoms with Gasteiger partial charge in [-0.25, -0.2) is 0 Å². The summed E-state index contributed by atoms with van der Waals surface area (Å²) < 4.78 is 12.1. The first-order valence-corrected chi connectivity index (χ1v) is 7.11. The second-order valence-corrected chi connectivity index (χ2v) is 7.26. The van der Waals surface area contributed by atoms with Crippen molar-refractivity contribution in [2.45, 2.75) is 50.9 Å². The minimum atomic E-state index is -0.262. The van der Waals surface area contributed by atoms with Crippen LogP contribution < -0.4 is 0 Å². The van der Waals surface area contributed by atoms with Gasteiger partial charge in [0.05, 0.1) is 17.1 Å². The van der Waals surface area contributed by atoms with Crippen LogP contribution in [0.1, 0.15) is 33.1 Å². The smallest absolute Gasteiger partial charge is 0.313 e. The van der Waals surface area contributed by atoms with Crippen LogP contribution in [0.15, 0.2) is 12.2 Å². The Hall–Kier alpha value is -0.830. The normalized spacial score (nSPS) is 66.4. The molecule has 0 radical (unpaired) electrons. The van der Waals surface area contributed by atoms with Gasteiger partial charge in [0.15, 0.2) is 0 Å². The first kappa shape index (κ1) is 10.0. The van der Waals surface area contributed by atoms with Crippen LogP contribution in [0.3, 0.4) is 0 Å². The number of hydrogen-bond donors (Lipinski definition) is 0. The molecule has 3 heterocycles. The molecule has 0 aromatic heterocycles. The fourth-order valence-electron chi connectivity index (χ4n) is 6.13. The zero-order chi connectivity index (χ0) is 12.3. The highest BCUT2D eigenvalue weighted by Gasteiger charge is 2.82. The topological polar surface area (TPSA) is 35.5 Å². The van der Waals surface area contributed by atoms with Crippen LogP contribution in [0.2, 0.25) is 0 Å². The van der Waals surface area contributed by atoms with Gasteiger partial charge < -0.3 is 9.47 Å². The minimum Gasteiger partial charge on any atom is -0.462 e. The highest BCUT2D eigenvalue weighted by Crippen LogP contribution is 2.77. The van der Waals surface area contributed by atoms with E-state index in [2.05, 4.69) is 26.0 Å². The molecule has 2 saturated carbocycles. The van der Waals surface area contributed by atoms with E-state index in [0.717, 1.165) is 19.3 Å². The van der Waals surface area contributed by atoms with Gasteiger partial charge in [0.1, 0.15) is 6.10 Å². The molecule has 4 unspecified atom stereocenters. The molecule has 18 heavy (non-hydrogen) atoms. The monoisotopic (exact) mass is 246 g/mol. The Morgan fingerprint density at radius 2 is 2.17 bits per heavy atom. The zero-order valence-corrected chi connectivity index (χ0v) is 10.8. The number of esters is 1. The van der Waals surface area contributed by atoms with Crippen LogP contribution in [0, 0.1) is 22.7 Å². The Balaban J connectivity index is 1.87. The zero-order valence-electron chi connectivity index (χ0n) is 10.8. The Labute approximate surface area is 107 Å². The molecule has 6 aliphatic rings. The van der Waals surface area contributed by atoms with E-state index in [0.29, 0.717) is 11.8 Å². The second kappa shape index (κ2) is 2.43. The summed E-state index contributed by atoms with van der Waals surface area (Å²) in [6.07, 6.45) is 7.79. The molecule has 0 aromatic carbocycles. The number of ether oxygens (including phenoxy) is 2. The van der Waals surface area contributed by atoms with E-state index in [1.165, 1.54) is 0 Å². The van der Waals surface area contributed by atoms with Crippen molar-refractivity contribution in [3.05, 3.63) is 12.2 Å². The van der Waals surface area contributed by atoms with Crippen molar-refractivity contribution >= 4 is 5.97 Å². The van der Waals surface area contributed by atoms with Gasteiger partial charge in [0, 0.05) is 11.3 Å². The van der Waals surface area contributed by atoms with Gasteiger partial charge in [-0.05, 0) is 32.1 Å². The van der Waals surface area contributed by atoms with E-state index in [1.807, 2.05) is 0 Å². The first-order valence-electron chi connectivity index (χ1n) is 7.11. The van der Waals surface area contributed by atoms with E-state index in [4.69, 9.17) is 9.47 Å². The largest absolute Gasteiger partial charge is 0.462 e. The standard InChI is InChI=1S/C15H18O3/c1-8-5-10-9-6-11-14(8)4-3-13(2,18-11)7-15(9,14)12(16)17-10/h3-4,8-11H,5-7H2,1-2H3/t8?,9?,10?,11-,13-,14+,15?/m1/s1. The number of carbonyl (C=O) groups excluding carboxylic acids is 1. The molecular formula is C15H18O3. The van der Waals surface area contributed by atoms with E-state index < -0.39 is 0 Å². The maximum Gasteiger partial charge on any atom is 0.313 e. The molecule has 96 valence electrons. The van der Waals surface area contributed by atoms with Crippen LogP contribution >= 0.6 is 0 Å². The number of carbonyl (C=O) groups is 1. The SMILES string of the molecule is CC1CC2OC(=O)C34C[C@@]5(C)C=C[C@@]13[C@@H](CC24)O5. The number of hydrogen-bond acceptors (Lipinski definition) is 3. The molecule has 3 heteroatoms. The molecule has 4 fully saturated rings. The van der Waals surface area contributed by atoms with Crippen molar-refractivity contribution in [1.82, 2.24) is 0 Å². The molecule has 2 spiro atoms. The summed E-state index contributed by atoms with van der Waals surface area (Å²) in [5.74, 6) is 0.958. The molecule has 0 N–H and O–H groups in total. The van der Waals surface area contributed by atoms with Crippen molar-refractivity contribution in [3.8, 4) is 0 Å². The van der Waals surface area contributed by atoms with Gasteiger partial charge in [-0.3, -0.25) is 4.79 Å². The van der Waals surface area contributed by atoms with E-state index in [-0.39, 0.29) is 34.6 Å². The predicted molar refractivity (Wildman–Crippen MR) is 63.7 cm³/mol. The maximum atomic E-state index is 12.6. The Bertz CT molecular complexity index is 512. The Morgan fingerprint density at radius 1 is 1.33 bits per heavy atom. The van der Waals surface area contributed by atoms with Gasteiger partial charge in [0.2, 0.25) is 0 Å². The third-order valence-corrected chi connectivity index (χ3v) is 6.63. The molecule has 0 amide bonds. The maximum absolute atomic E-state index is 12.6. The summed E-state index contributed by atoms with van der Waals surface area (Å²) in [7, 11) is 0. The lowest BCUT2D eigenvalue weighted by molar-refractivity contribution is -0.211. The summed E-state index contributed by atoms with van der Waals surface area (Å²) in [6.45, 7) is 4.40. The second-order valence-electron chi connectivity index (χ2n) is 7.26. The van der Waals surface area contributed by atoms with Crippen LogP contribution in [-0.4, -0.2) is 23.8 Å². The third-order valence-electron chi connectivity index (χ3n) is 6.63. The molecule has 3 nitrogen and oxygen atoms in total. The van der Waals surface area contributed by atoms with E-state index in [1.54, 1.807) is 0 Å². The summed E-state index contributed by atoms with van der Waals surface area (Å²) >= 11 is 0. The summed E-state index contributed by atoms with van der Waals surface area (Å²) in [4.78, 5) is 12.6. The molecule has 6 bridgehead atoms. The molecule has 6 rings (SSSR count). The molecular weight excluding hydrogens is 228 g/mol. The minimum absolute atomic E-state index is 0.0699. The highest BCUT2D eigenvalue weighted by atomic mass is 16.6. The quantitative estimate of drug-likeness (QED) is 0.485. The van der Waals surface area contributed by atoms with Gasteiger partial charge in [-0.2, -0.15) is 0 Å². The van der Waals surface area contributed by atoms with Crippen LogP contribution in [-0.2, 0) is 14.3 Å². The van der Waals surface area contributed by atoms with E-state index in [9.17, 15) is 4.79 Å². The Kier molecular flexibility index (Phi) is 1.35. The number of rotatable bonds is 0. The van der Waals surface area contributed by atoms with Crippen LogP contribution in [0.4, 0.5) is 0 Å². The Morgan fingerprint density at radius 3 is 3.00 bits per heavy atom. The molecule has 7 atom stereocenters.